The molecule has 0 radical (unpaired) electrons. The number of rotatable bonds is 6. The maximum Gasteiger partial charge on any atom is 0.119 e. The lowest BCUT2D eigenvalue weighted by Gasteiger charge is -2.09. The minimum Gasteiger partial charge on any atom is -0.494 e. The fourth-order valence-corrected chi connectivity index (χ4v) is 3.00. The summed E-state index contributed by atoms with van der Waals surface area (Å²) in [6.45, 7) is 8.05. The number of unbranched alkanes of at least 4 members (excludes halogenated alkanes) is 1. The highest BCUT2D eigenvalue weighted by atomic mass is 35.5. The minimum absolute atomic E-state index is 0.714. The number of aromatic nitrogens is 2. The zero-order chi connectivity index (χ0) is 17.1. The van der Waals surface area contributed by atoms with Crippen LogP contribution in [0.4, 0.5) is 0 Å². The van der Waals surface area contributed by atoms with Gasteiger partial charge in [0.1, 0.15) is 11.6 Å². The molecule has 0 saturated carbocycles. The SMILES string of the molecule is Cc1cc2nc(C)n(CCCCOc3ccc(Cl)cc3)c2cc1C. The van der Waals surface area contributed by atoms with Gasteiger partial charge in [0.15, 0.2) is 0 Å². The summed E-state index contributed by atoms with van der Waals surface area (Å²) in [5.74, 6) is 1.95. The van der Waals surface area contributed by atoms with Crippen molar-refractivity contribution in [1.29, 1.82) is 0 Å². The summed E-state index contributed by atoms with van der Waals surface area (Å²) >= 11 is 5.87. The van der Waals surface area contributed by atoms with Crippen molar-refractivity contribution in [2.45, 2.75) is 40.2 Å². The molecule has 126 valence electrons. The van der Waals surface area contributed by atoms with Crippen LogP contribution in [0.2, 0.25) is 5.02 Å². The molecule has 0 fully saturated rings. The Bertz CT molecular complexity index is 837. The highest BCUT2D eigenvalue weighted by molar-refractivity contribution is 6.30. The lowest BCUT2D eigenvalue weighted by atomic mass is 10.1. The molecule has 3 nitrogen and oxygen atoms in total. The highest BCUT2D eigenvalue weighted by Crippen LogP contribution is 2.21. The monoisotopic (exact) mass is 342 g/mol. The van der Waals surface area contributed by atoms with E-state index < -0.39 is 0 Å². The maximum absolute atomic E-state index is 5.87. The standard InChI is InChI=1S/C20H23ClN2O/c1-14-12-19-20(13-15(14)2)23(16(3)22-19)10-4-5-11-24-18-8-6-17(21)7-9-18/h6-9,12-13H,4-5,10-11H2,1-3H3. The van der Waals surface area contributed by atoms with E-state index >= 15 is 0 Å². The predicted molar refractivity (Wildman–Crippen MR) is 100 cm³/mol. The van der Waals surface area contributed by atoms with Crippen molar-refractivity contribution < 1.29 is 4.74 Å². The topological polar surface area (TPSA) is 27.1 Å². The molecular formula is C20H23ClN2O. The Labute approximate surface area is 148 Å². The summed E-state index contributed by atoms with van der Waals surface area (Å²) in [5, 5.41) is 0.732. The molecule has 0 aliphatic heterocycles. The van der Waals surface area contributed by atoms with Gasteiger partial charge in [-0.05, 0) is 81.1 Å². The van der Waals surface area contributed by atoms with Crippen LogP contribution < -0.4 is 4.74 Å². The first-order valence-electron chi connectivity index (χ1n) is 8.37. The molecule has 0 spiro atoms. The van der Waals surface area contributed by atoms with Crippen molar-refractivity contribution in [3.8, 4) is 5.75 Å². The quantitative estimate of drug-likeness (QED) is 0.555. The Balaban J connectivity index is 1.57. The normalized spacial score (nSPS) is 11.2. The van der Waals surface area contributed by atoms with E-state index in [0.717, 1.165) is 41.5 Å². The summed E-state index contributed by atoms with van der Waals surface area (Å²) in [7, 11) is 0. The lowest BCUT2D eigenvalue weighted by molar-refractivity contribution is 0.303. The number of ether oxygens (including phenoxy) is 1. The zero-order valence-corrected chi connectivity index (χ0v) is 15.2. The van der Waals surface area contributed by atoms with Crippen molar-refractivity contribution in [3.63, 3.8) is 0 Å². The summed E-state index contributed by atoms with van der Waals surface area (Å²) in [6.07, 6.45) is 2.07. The molecule has 1 aromatic heterocycles. The first-order valence-corrected chi connectivity index (χ1v) is 8.75. The van der Waals surface area contributed by atoms with Crippen LogP contribution in [0.1, 0.15) is 29.8 Å². The molecule has 0 N–H and O–H groups in total. The number of halogens is 1. The van der Waals surface area contributed by atoms with Gasteiger partial charge in [-0.3, -0.25) is 0 Å². The number of hydrogen-bond donors (Lipinski definition) is 0. The van der Waals surface area contributed by atoms with Crippen LogP contribution in [-0.4, -0.2) is 16.2 Å². The van der Waals surface area contributed by atoms with Crippen LogP contribution in [-0.2, 0) is 6.54 Å². The van der Waals surface area contributed by atoms with Crippen LogP contribution in [0.25, 0.3) is 11.0 Å². The number of fused-ring (bicyclic) bond motifs is 1. The van der Waals surface area contributed by atoms with Crippen molar-refractivity contribution in [2.75, 3.05) is 6.61 Å². The molecule has 0 unspecified atom stereocenters. The molecule has 0 aliphatic carbocycles. The molecule has 0 aliphatic rings. The maximum atomic E-state index is 5.87. The first kappa shape index (κ1) is 16.8. The van der Waals surface area contributed by atoms with Crippen LogP contribution >= 0.6 is 11.6 Å². The zero-order valence-electron chi connectivity index (χ0n) is 14.5. The van der Waals surface area contributed by atoms with E-state index in [1.165, 1.54) is 16.6 Å². The minimum atomic E-state index is 0.714. The predicted octanol–water partition coefficient (Wildman–Crippen LogP) is 5.47. The smallest absolute Gasteiger partial charge is 0.119 e. The second-order valence-electron chi connectivity index (χ2n) is 6.25. The van der Waals surface area contributed by atoms with E-state index in [1.807, 2.05) is 24.3 Å². The second kappa shape index (κ2) is 7.27. The molecule has 4 heteroatoms. The number of aryl methyl sites for hydroxylation is 4. The average molecular weight is 343 g/mol. The Kier molecular flexibility index (Phi) is 5.10. The van der Waals surface area contributed by atoms with Gasteiger partial charge in [0.2, 0.25) is 0 Å². The summed E-state index contributed by atoms with van der Waals surface area (Å²) < 4.78 is 8.06. The second-order valence-corrected chi connectivity index (χ2v) is 6.68. The van der Waals surface area contributed by atoms with Gasteiger partial charge < -0.3 is 9.30 Å². The Morgan fingerprint density at radius 2 is 1.71 bits per heavy atom. The van der Waals surface area contributed by atoms with E-state index in [4.69, 9.17) is 16.3 Å². The molecule has 3 aromatic rings. The first-order chi connectivity index (χ1) is 11.5. The van der Waals surface area contributed by atoms with Gasteiger partial charge in [-0.2, -0.15) is 0 Å². The van der Waals surface area contributed by atoms with Gasteiger partial charge in [0.25, 0.3) is 0 Å². The summed E-state index contributed by atoms with van der Waals surface area (Å²) in [6, 6.07) is 11.9. The third kappa shape index (κ3) is 3.73. The van der Waals surface area contributed by atoms with Gasteiger partial charge in [-0.25, -0.2) is 4.98 Å². The third-order valence-corrected chi connectivity index (χ3v) is 4.66. The molecular weight excluding hydrogens is 320 g/mol. The molecule has 0 atom stereocenters. The highest BCUT2D eigenvalue weighted by Gasteiger charge is 2.08. The number of imidazole rings is 1. The molecule has 0 bridgehead atoms. The fraction of sp³-hybridized carbons (Fsp3) is 0.350. The molecule has 24 heavy (non-hydrogen) atoms. The number of nitrogens with zero attached hydrogens (tertiary/aromatic N) is 2. The van der Waals surface area contributed by atoms with Gasteiger partial charge in [-0.1, -0.05) is 11.6 Å². The van der Waals surface area contributed by atoms with Crippen molar-refractivity contribution in [1.82, 2.24) is 9.55 Å². The molecule has 2 aromatic carbocycles. The van der Waals surface area contributed by atoms with E-state index in [1.54, 1.807) is 0 Å². The molecule has 0 amide bonds. The van der Waals surface area contributed by atoms with E-state index in [2.05, 4.69) is 42.5 Å². The van der Waals surface area contributed by atoms with Gasteiger partial charge in [-0.15, -0.1) is 0 Å². The molecule has 3 rings (SSSR count). The van der Waals surface area contributed by atoms with Crippen LogP contribution in [0, 0.1) is 20.8 Å². The average Bonchev–Trinajstić information content (AvgIpc) is 2.84. The van der Waals surface area contributed by atoms with Gasteiger partial charge in [0, 0.05) is 11.6 Å². The van der Waals surface area contributed by atoms with Crippen LogP contribution in [0.3, 0.4) is 0 Å². The Morgan fingerprint density at radius 1 is 1.00 bits per heavy atom. The number of hydrogen-bond acceptors (Lipinski definition) is 2. The van der Waals surface area contributed by atoms with Crippen LogP contribution in [0.15, 0.2) is 36.4 Å². The Hall–Kier alpha value is -2.00. The van der Waals surface area contributed by atoms with Gasteiger partial charge >= 0.3 is 0 Å². The summed E-state index contributed by atoms with van der Waals surface area (Å²) in [4.78, 5) is 4.69. The van der Waals surface area contributed by atoms with Crippen molar-refractivity contribution >= 4 is 22.6 Å². The lowest BCUT2D eigenvalue weighted by Crippen LogP contribution is -2.04. The fourth-order valence-electron chi connectivity index (χ4n) is 2.88. The summed E-state index contributed by atoms with van der Waals surface area (Å²) in [5.41, 5.74) is 4.93. The molecule has 0 saturated heterocycles. The Morgan fingerprint density at radius 3 is 2.46 bits per heavy atom. The van der Waals surface area contributed by atoms with Crippen molar-refractivity contribution in [2.24, 2.45) is 0 Å². The molecule has 1 heterocycles. The van der Waals surface area contributed by atoms with E-state index in [0.29, 0.717) is 6.61 Å². The van der Waals surface area contributed by atoms with Crippen molar-refractivity contribution in [3.05, 3.63) is 58.4 Å². The van der Waals surface area contributed by atoms with Crippen LogP contribution in [0.5, 0.6) is 5.75 Å². The van der Waals surface area contributed by atoms with E-state index in [9.17, 15) is 0 Å². The third-order valence-electron chi connectivity index (χ3n) is 4.41. The largest absolute Gasteiger partial charge is 0.494 e. The van der Waals surface area contributed by atoms with E-state index in [-0.39, 0.29) is 0 Å². The number of benzene rings is 2. The van der Waals surface area contributed by atoms with Gasteiger partial charge in [0.05, 0.1) is 17.6 Å².